The van der Waals surface area contributed by atoms with Crippen LogP contribution < -0.4 is 16.0 Å². The highest BCUT2D eigenvalue weighted by atomic mass is 35.5. The van der Waals surface area contributed by atoms with E-state index in [9.17, 15) is 24.3 Å². The lowest BCUT2D eigenvalue weighted by Crippen LogP contribution is -2.51. The molecule has 1 aliphatic rings. The number of carbonyl (C=O) groups is 4. The second kappa shape index (κ2) is 12.6. The summed E-state index contributed by atoms with van der Waals surface area (Å²) in [6.07, 6.45) is 5.84. The van der Waals surface area contributed by atoms with Crippen LogP contribution in [0.5, 0.6) is 0 Å². The Morgan fingerprint density at radius 3 is 2.58 bits per heavy atom. The zero-order valence-electron chi connectivity index (χ0n) is 19.4. The van der Waals surface area contributed by atoms with Gasteiger partial charge in [-0.2, -0.15) is 0 Å². The number of nitrogens with one attached hydrogen (secondary N) is 3. The molecule has 2 atom stereocenters. The number of nitrogens with zero attached hydrogens (tertiary/aromatic N) is 1. The van der Waals surface area contributed by atoms with Crippen molar-refractivity contribution >= 4 is 53.0 Å². The third-order valence-electron chi connectivity index (χ3n) is 5.53. The Morgan fingerprint density at radius 2 is 2.00 bits per heavy atom. The molecule has 1 aromatic carbocycles. The Kier molecular flexibility index (Phi) is 9.51. The van der Waals surface area contributed by atoms with Crippen molar-refractivity contribution in [3.63, 3.8) is 0 Å². The average Bonchev–Trinajstić information content (AvgIpc) is 3.54. The fourth-order valence-electron chi connectivity index (χ4n) is 3.68. The highest BCUT2D eigenvalue weighted by Crippen LogP contribution is 2.27. The number of furan rings is 1. The average molecular weight is 537 g/mol. The van der Waals surface area contributed by atoms with Gasteiger partial charge < -0.3 is 30.4 Å². The monoisotopic (exact) mass is 536 g/mol. The van der Waals surface area contributed by atoms with Gasteiger partial charge in [0.2, 0.25) is 11.8 Å². The molecule has 1 aromatic heterocycles. The maximum Gasteiger partial charge on any atom is 0.328 e. The van der Waals surface area contributed by atoms with Crippen LogP contribution in [0.15, 0.2) is 41.0 Å². The van der Waals surface area contributed by atoms with Crippen LogP contribution in [0.3, 0.4) is 0 Å². The molecule has 0 unspecified atom stereocenters. The molecule has 10 nitrogen and oxygen atoms in total. The molecule has 36 heavy (non-hydrogen) atoms. The van der Waals surface area contributed by atoms with Crippen molar-refractivity contribution in [1.29, 1.82) is 0 Å². The molecule has 1 fully saturated rings. The first-order valence-corrected chi connectivity index (χ1v) is 11.9. The van der Waals surface area contributed by atoms with Gasteiger partial charge in [0.15, 0.2) is 0 Å². The number of amides is 3. The molecule has 0 saturated carbocycles. The molecule has 2 heterocycles. The minimum atomic E-state index is -1.38. The summed E-state index contributed by atoms with van der Waals surface area (Å²) in [7, 11) is 1.48. The van der Waals surface area contributed by atoms with E-state index in [1.807, 2.05) is 0 Å². The molecule has 0 radical (unpaired) electrons. The summed E-state index contributed by atoms with van der Waals surface area (Å²) in [5, 5.41) is 17.7. The van der Waals surface area contributed by atoms with Gasteiger partial charge in [-0.05, 0) is 55.3 Å². The van der Waals surface area contributed by atoms with E-state index in [-0.39, 0.29) is 46.6 Å². The van der Waals surface area contributed by atoms with Gasteiger partial charge in [0.25, 0.3) is 5.91 Å². The number of hydrogen-bond donors (Lipinski definition) is 4. The zero-order chi connectivity index (χ0) is 26.2. The predicted molar refractivity (Wildman–Crippen MR) is 134 cm³/mol. The fraction of sp³-hybridized carbons (Fsp3) is 0.333. The molecule has 0 spiro atoms. The standard InChI is InChI=1S/C24H26Cl2N4O6/c1-30(23(33)18-5-2-8-27-18)13-19(24(34)35)29-22(32)21-16(25)10-14(11-17(21)26)12-28-20(31)7-6-15-4-3-9-36-15/h3-4,6-7,9-11,18-19,27H,2,5,8,12-13H2,1H3,(H,28,31)(H,29,32)(H,34,35)/t18-,19-/m0/s1. The van der Waals surface area contributed by atoms with Crippen LogP contribution in [0.1, 0.15) is 34.5 Å². The molecule has 1 saturated heterocycles. The normalized spacial score (nSPS) is 16.0. The molecule has 0 aliphatic carbocycles. The molecule has 3 rings (SSSR count). The third kappa shape index (κ3) is 7.33. The Hall–Kier alpha value is -3.34. The number of carboxylic acids is 1. The summed E-state index contributed by atoms with van der Waals surface area (Å²) in [5.74, 6) is -2.20. The third-order valence-corrected chi connectivity index (χ3v) is 6.13. The molecule has 3 amide bonds. The fourth-order valence-corrected chi connectivity index (χ4v) is 4.38. The number of hydrogen-bond acceptors (Lipinski definition) is 6. The van der Waals surface area contributed by atoms with Crippen molar-refractivity contribution in [2.75, 3.05) is 20.1 Å². The lowest BCUT2D eigenvalue weighted by atomic mass is 10.1. The predicted octanol–water partition coefficient (Wildman–Crippen LogP) is 2.31. The van der Waals surface area contributed by atoms with E-state index in [1.165, 1.54) is 42.5 Å². The van der Waals surface area contributed by atoms with Crippen molar-refractivity contribution in [2.45, 2.75) is 31.5 Å². The van der Waals surface area contributed by atoms with Crippen LogP contribution in [-0.2, 0) is 20.9 Å². The minimum Gasteiger partial charge on any atom is -0.480 e. The number of rotatable bonds is 10. The Labute approximate surface area is 217 Å². The Morgan fingerprint density at radius 1 is 1.28 bits per heavy atom. The van der Waals surface area contributed by atoms with E-state index in [1.54, 1.807) is 12.1 Å². The van der Waals surface area contributed by atoms with Gasteiger partial charge in [0.1, 0.15) is 11.8 Å². The Balaban J connectivity index is 1.61. The largest absolute Gasteiger partial charge is 0.480 e. The first kappa shape index (κ1) is 27.3. The molecule has 12 heteroatoms. The summed E-state index contributed by atoms with van der Waals surface area (Å²) in [6.45, 7) is 0.577. The van der Waals surface area contributed by atoms with Crippen molar-refractivity contribution in [3.05, 3.63) is 63.5 Å². The molecular formula is C24H26Cl2N4O6. The molecule has 0 bridgehead atoms. The van der Waals surface area contributed by atoms with Gasteiger partial charge in [0.05, 0.1) is 34.5 Å². The topological polar surface area (TPSA) is 141 Å². The zero-order valence-corrected chi connectivity index (χ0v) is 20.9. The smallest absolute Gasteiger partial charge is 0.328 e. The number of carboxylic acid groups (broad SMARTS) is 1. The number of benzene rings is 1. The second-order valence-corrected chi connectivity index (χ2v) is 9.05. The van der Waals surface area contributed by atoms with Gasteiger partial charge in [0, 0.05) is 19.7 Å². The number of likely N-dealkylation sites (N-methyl/N-ethyl adjacent to an activating group) is 1. The van der Waals surface area contributed by atoms with Crippen LogP contribution in [0.4, 0.5) is 0 Å². The highest BCUT2D eigenvalue weighted by Gasteiger charge is 2.30. The van der Waals surface area contributed by atoms with Crippen molar-refractivity contribution in [3.8, 4) is 0 Å². The summed E-state index contributed by atoms with van der Waals surface area (Å²) >= 11 is 12.5. The van der Waals surface area contributed by atoms with Gasteiger partial charge in [-0.25, -0.2) is 4.79 Å². The van der Waals surface area contributed by atoms with Gasteiger partial charge >= 0.3 is 5.97 Å². The van der Waals surface area contributed by atoms with Crippen LogP contribution >= 0.6 is 23.2 Å². The Bertz CT molecular complexity index is 1120. The van der Waals surface area contributed by atoms with Crippen LogP contribution in [-0.4, -0.2) is 65.9 Å². The van der Waals surface area contributed by atoms with Gasteiger partial charge in [-0.1, -0.05) is 23.2 Å². The minimum absolute atomic E-state index is 0.0147. The van der Waals surface area contributed by atoms with E-state index < -0.39 is 17.9 Å². The van der Waals surface area contributed by atoms with Crippen LogP contribution in [0.2, 0.25) is 10.0 Å². The summed E-state index contributed by atoms with van der Waals surface area (Å²) in [5.41, 5.74) is 0.425. The lowest BCUT2D eigenvalue weighted by molar-refractivity contribution is -0.141. The first-order valence-electron chi connectivity index (χ1n) is 11.1. The summed E-state index contributed by atoms with van der Waals surface area (Å²) < 4.78 is 5.11. The second-order valence-electron chi connectivity index (χ2n) is 8.23. The van der Waals surface area contributed by atoms with Crippen LogP contribution in [0.25, 0.3) is 6.08 Å². The van der Waals surface area contributed by atoms with Crippen LogP contribution in [0, 0.1) is 0 Å². The van der Waals surface area contributed by atoms with Crippen molar-refractivity contribution in [1.82, 2.24) is 20.9 Å². The SMILES string of the molecule is CN(C[C@H](NC(=O)c1c(Cl)cc(CNC(=O)C=Cc2ccco2)cc1Cl)C(=O)O)C(=O)[C@@H]1CCCN1. The number of carbonyl (C=O) groups excluding carboxylic acids is 3. The number of halogens is 2. The first-order chi connectivity index (χ1) is 17.2. The molecule has 192 valence electrons. The van der Waals surface area contributed by atoms with E-state index >= 15 is 0 Å². The van der Waals surface area contributed by atoms with E-state index in [2.05, 4.69) is 16.0 Å². The highest BCUT2D eigenvalue weighted by molar-refractivity contribution is 6.39. The van der Waals surface area contributed by atoms with E-state index in [0.717, 1.165) is 13.0 Å². The van der Waals surface area contributed by atoms with E-state index in [0.29, 0.717) is 17.7 Å². The summed E-state index contributed by atoms with van der Waals surface area (Å²) in [4.78, 5) is 50.4. The molecule has 2 aromatic rings. The van der Waals surface area contributed by atoms with Crippen molar-refractivity contribution in [2.24, 2.45) is 0 Å². The maximum atomic E-state index is 12.8. The number of aliphatic carboxylic acids is 1. The van der Waals surface area contributed by atoms with E-state index in [4.69, 9.17) is 27.6 Å². The quantitative estimate of drug-likeness (QED) is 0.341. The summed E-state index contributed by atoms with van der Waals surface area (Å²) in [6, 6.07) is 4.57. The van der Waals surface area contributed by atoms with Gasteiger partial charge in [-0.3, -0.25) is 14.4 Å². The lowest BCUT2D eigenvalue weighted by Gasteiger charge is -2.25. The van der Waals surface area contributed by atoms with Crippen molar-refractivity contribution < 1.29 is 28.7 Å². The molecular weight excluding hydrogens is 511 g/mol. The molecule has 1 aliphatic heterocycles. The molecule has 4 N–H and O–H groups in total. The van der Waals surface area contributed by atoms with Gasteiger partial charge in [-0.15, -0.1) is 0 Å². The maximum absolute atomic E-state index is 12.8.